The topological polar surface area (TPSA) is 68.6 Å². The van der Waals surface area contributed by atoms with Crippen LogP contribution in [0.4, 0.5) is 15.8 Å². The van der Waals surface area contributed by atoms with Crippen LogP contribution in [0.5, 0.6) is 5.75 Å². The highest BCUT2D eigenvalue weighted by Gasteiger charge is 2.26. The summed E-state index contributed by atoms with van der Waals surface area (Å²) in [7, 11) is 1.64. The molecule has 2 heterocycles. The summed E-state index contributed by atoms with van der Waals surface area (Å²) in [4.78, 5) is 17.0. The molecule has 2 aliphatic heterocycles. The molecule has 1 N–H and O–H groups in total. The summed E-state index contributed by atoms with van der Waals surface area (Å²) in [5, 5.41) is 13.6. The zero-order chi connectivity index (χ0) is 27.1. The zero-order valence-corrected chi connectivity index (χ0v) is 22.0. The first-order valence-corrected chi connectivity index (χ1v) is 13.1. The van der Waals surface area contributed by atoms with Crippen LogP contribution in [-0.2, 0) is 13.0 Å². The molecule has 1 fully saturated rings. The quantitative estimate of drug-likeness (QED) is 0.352. The Labute approximate surface area is 227 Å². The molecule has 7 heteroatoms. The molecule has 0 radical (unpaired) electrons. The number of rotatable bonds is 6. The normalized spacial score (nSPS) is 16.8. The van der Waals surface area contributed by atoms with Crippen molar-refractivity contribution >= 4 is 28.1 Å². The number of carbonyl (C=O) groups excluding carboxylic acids is 1. The number of hydrogen-bond acceptors (Lipinski definition) is 5. The van der Waals surface area contributed by atoms with Crippen LogP contribution in [0.1, 0.15) is 39.5 Å². The molecule has 4 aromatic rings. The van der Waals surface area contributed by atoms with E-state index in [0.29, 0.717) is 23.6 Å². The molecule has 0 bridgehead atoms. The van der Waals surface area contributed by atoms with E-state index in [2.05, 4.69) is 52.4 Å². The predicted molar refractivity (Wildman–Crippen MR) is 151 cm³/mol. The number of amides is 1. The number of nitriles is 1. The lowest BCUT2D eigenvalue weighted by atomic mass is 9.95. The second-order valence-corrected chi connectivity index (χ2v) is 10.4. The molecule has 4 aromatic carbocycles. The minimum atomic E-state index is -0.393. The van der Waals surface area contributed by atoms with Crippen LogP contribution in [0.15, 0.2) is 66.7 Å². The molecule has 196 valence electrons. The molecule has 0 aliphatic carbocycles. The highest BCUT2D eigenvalue weighted by molar-refractivity contribution is 6.24. The van der Waals surface area contributed by atoms with Crippen LogP contribution >= 0.6 is 0 Å². The maximum absolute atomic E-state index is 14.3. The molecule has 6 rings (SSSR count). The highest BCUT2D eigenvalue weighted by Crippen LogP contribution is 2.37. The molecule has 0 spiro atoms. The fourth-order valence-corrected chi connectivity index (χ4v) is 5.89. The lowest BCUT2D eigenvalue weighted by Gasteiger charge is -2.41. The first-order valence-electron chi connectivity index (χ1n) is 13.1. The van der Waals surface area contributed by atoms with Gasteiger partial charge < -0.3 is 15.0 Å². The standard InChI is InChI=1S/C32H29FN4O2/c1-20-18-36(11-12-37(20)29-10-7-23(17-34)14-30(29)39-2)19-22-5-3-21(4-6-22)13-24-8-9-28-31-26(24)15-25(33)16-27(31)32(38)35-28/h3-10,14-16,20H,11-13,18-19H2,1-2H3,(H,35,38)/t20-/m0/s1. The molecular formula is C32H29FN4O2. The maximum Gasteiger partial charge on any atom is 0.256 e. The van der Waals surface area contributed by atoms with E-state index in [9.17, 15) is 14.4 Å². The lowest BCUT2D eigenvalue weighted by molar-refractivity contribution is 0.103. The van der Waals surface area contributed by atoms with E-state index >= 15 is 0 Å². The number of piperazine rings is 1. The first-order chi connectivity index (χ1) is 18.9. The lowest BCUT2D eigenvalue weighted by Crippen LogP contribution is -2.51. The number of halogens is 1. The van der Waals surface area contributed by atoms with Gasteiger partial charge in [0.15, 0.2) is 0 Å². The third kappa shape index (κ3) is 4.68. The Morgan fingerprint density at radius 3 is 2.59 bits per heavy atom. The van der Waals surface area contributed by atoms with E-state index in [-0.39, 0.29) is 5.91 Å². The molecular weight excluding hydrogens is 491 g/mol. The Morgan fingerprint density at radius 2 is 1.85 bits per heavy atom. The molecule has 1 amide bonds. The SMILES string of the molecule is COc1cc(C#N)ccc1N1CCN(Cc2ccc(Cc3ccc4c5c(cc(F)cc35)C(=O)N4)cc2)C[C@@H]1C. The molecule has 39 heavy (non-hydrogen) atoms. The van der Waals surface area contributed by atoms with Gasteiger partial charge in [-0.2, -0.15) is 5.26 Å². The summed E-state index contributed by atoms with van der Waals surface area (Å²) < 4.78 is 19.9. The summed E-state index contributed by atoms with van der Waals surface area (Å²) in [5.41, 5.74) is 6.16. The van der Waals surface area contributed by atoms with Crippen molar-refractivity contribution in [1.82, 2.24) is 4.90 Å². The zero-order valence-electron chi connectivity index (χ0n) is 22.0. The van der Waals surface area contributed by atoms with Crippen molar-refractivity contribution in [2.24, 2.45) is 0 Å². The Morgan fingerprint density at radius 1 is 1.05 bits per heavy atom. The smallest absolute Gasteiger partial charge is 0.256 e. The number of carbonyl (C=O) groups is 1. The Bertz CT molecular complexity index is 1630. The van der Waals surface area contributed by atoms with E-state index in [4.69, 9.17) is 4.74 Å². The van der Waals surface area contributed by atoms with Gasteiger partial charge in [-0.3, -0.25) is 9.69 Å². The summed E-state index contributed by atoms with van der Waals surface area (Å²) in [6.07, 6.45) is 0.663. The van der Waals surface area contributed by atoms with Crippen LogP contribution < -0.4 is 15.0 Å². The average molecular weight is 521 g/mol. The number of nitrogens with one attached hydrogen (secondary N) is 1. The van der Waals surface area contributed by atoms with Gasteiger partial charge in [0, 0.05) is 49.4 Å². The van der Waals surface area contributed by atoms with Crippen molar-refractivity contribution in [2.45, 2.75) is 25.9 Å². The van der Waals surface area contributed by atoms with Gasteiger partial charge in [-0.05, 0) is 65.8 Å². The minimum absolute atomic E-state index is 0.248. The number of anilines is 2. The van der Waals surface area contributed by atoms with Gasteiger partial charge in [-0.25, -0.2) is 4.39 Å². The van der Waals surface area contributed by atoms with E-state index in [1.807, 2.05) is 24.3 Å². The maximum atomic E-state index is 14.3. The first kappa shape index (κ1) is 24.9. The van der Waals surface area contributed by atoms with Crippen molar-refractivity contribution < 1.29 is 13.9 Å². The van der Waals surface area contributed by atoms with Crippen LogP contribution in [-0.4, -0.2) is 43.6 Å². The second kappa shape index (κ2) is 10.0. The number of hydrogen-bond donors (Lipinski definition) is 1. The van der Waals surface area contributed by atoms with E-state index in [1.165, 1.54) is 17.7 Å². The predicted octanol–water partition coefficient (Wildman–Crippen LogP) is 5.73. The number of benzene rings is 4. The van der Waals surface area contributed by atoms with Crippen LogP contribution in [0.25, 0.3) is 10.8 Å². The fourth-order valence-electron chi connectivity index (χ4n) is 5.89. The monoisotopic (exact) mass is 520 g/mol. The second-order valence-electron chi connectivity index (χ2n) is 10.4. The average Bonchev–Trinajstić information content (AvgIpc) is 3.26. The third-order valence-electron chi connectivity index (χ3n) is 7.82. The molecule has 0 aromatic heterocycles. The van der Waals surface area contributed by atoms with Gasteiger partial charge in [0.05, 0.1) is 30.0 Å². The van der Waals surface area contributed by atoms with Crippen molar-refractivity contribution in [3.05, 3.63) is 100 Å². The number of methoxy groups -OCH3 is 1. The van der Waals surface area contributed by atoms with E-state index < -0.39 is 5.82 Å². The van der Waals surface area contributed by atoms with Gasteiger partial charge >= 0.3 is 0 Å². The molecule has 1 saturated heterocycles. The van der Waals surface area contributed by atoms with Gasteiger partial charge in [0.1, 0.15) is 11.6 Å². The minimum Gasteiger partial charge on any atom is -0.495 e. The molecule has 0 unspecified atom stereocenters. The molecule has 1 atom stereocenters. The van der Waals surface area contributed by atoms with Crippen molar-refractivity contribution in [1.29, 1.82) is 5.26 Å². The number of nitrogens with zero attached hydrogens (tertiary/aromatic N) is 3. The van der Waals surface area contributed by atoms with E-state index in [1.54, 1.807) is 13.2 Å². The van der Waals surface area contributed by atoms with Crippen molar-refractivity contribution in [2.75, 3.05) is 37.0 Å². The summed E-state index contributed by atoms with van der Waals surface area (Å²) >= 11 is 0. The van der Waals surface area contributed by atoms with Crippen LogP contribution in [0.2, 0.25) is 0 Å². The highest BCUT2D eigenvalue weighted by atomic mass is 19.1. The van der Waals surface area contributed by atoms with Gasteiger partial charge in [0.2, 0.25) is 0 Å². The summed E-state index contributed by atoms with van der Waals surface area (Å²) in [6, 6.07) is 23.4. The number of ether oxygens (including phenoxy) is 1. The molecule has 0 saturated carbocycles. The van der Waals surface area contributed by atoms with Gasteiger partial charge in [-0.15, -0.1) is 0 Å². The van der Waals surface area contributed by atoms with E-state index in [0.717, 1.165) is 65.2 Å². The molecule has 6 nitrogen and oxygen atoms in total. The Hall–Kier alpha value is -4.41. The summed E-state index contributed by atoms with van der Waals surface area (Å²) in [5.74, 6) is 0.0910. The third-order valence-corrected chi connectivity index (χ3v) is 7.82. The molecule has 2 aliphatic rings. The van der Waals surface area contributed by atoms with Crippen LogP contribution in [0.3, 0.4) is 0 Å². The van der Waals surface area contributed by atoms with Crippen molar-refractivity contribution in [3.63, 3.8) is 0 Å². The van der Waals surface area contributed by atoms with Crippen molar-refractivity contribution in [3.8, 4) is 11.8 Å². The Balaban J connectivity index is 1.13. The Kier molecular flexibility index (Phi) is 6.41. The van der Waals surface area contributed by atoms with Gasteiger partial charge in [-0.1, -0.05) is 30.3 Å². The largest absolute Gasteiger partial charge is 0.495 e. The van der Waals surface area contributed by atoms with Gasteiger partial charge in [0.25, 0.3) is 5.91 Å². The van der Waals surface area contributed by atoms with Crippen LogP contribution in [0, 0.1) is 17.1 Å². The summed E-state index contributed by atoms with van der Waals surface area (Å²) in [6.45, 7) is 5.80. The fraction of sp³-hybridized carbons (Fsp3) is 0.250.